The van der Waals surface area contributed by atoms with Crippen LogP contribution in [0.5, 0.6) is 0 Å². The summed E-state index contributed by atoms with van der Waals surface area (Å²) in [7, 11) is -4.29. The van der Waals surface area contributed by atoms with Crippen molar-refractivity contribution < 1.29 is 17.6 Å². The van der Waals surface area contributed by atoms with Gasteiger partial charge in [-0.2, -0.15) is 5.10 Å². The smallest absolute Gasteiger partial charge is 0.276 e. The number of benzene rings is 2. The molecule has 11 nitrogen and oxygen atoms in total. The van der Waals surface area contributed by atoms with E-state index in [1.165, 1.54) is 11.0 Å². The molecule has 1 aliphatic heterocycles. The fraction of sp³-hybridized carbons (Fsp3) is 0.306. The first-order valence-electron chi connectivity index (χ1n) is 15.9. The summed E-state index contributed by atoms with van der Waals surface area (Å²) in [6.45, 7) is 18.6. The SMILES string of the molecule is [C-]#[N+]C[C@H]1CN(c2c(S(C)(=O)=O)c(=O)n(-c3c(C)ccnc3C(C)C)c3c(F)c(-c4c(C)ccc5[nH]ncc45)c(Cl)cc23)CCN1C(=O)C=C. The molecular formula is C36H35ClFN7O4S. The number of carbonyl (C=O) groups is 1. The van der Waals surface area contributed by atoms with E-state index in [9.17, 15) is 18.0 Å². The monoisotopic (exact) mass is 715 g/mol. The van der Waals surface area contributed by atoms with Gasteiger partial charge in [-0.05, 0) is 55.2 Å². The first-order valence-corrected chi connectivity index (χ1v) is 18.2. The first kappa shape index (κ1) is 34.8. The Kier molecular flexibility index (Phi) is 9.05. The Morgan fingerprint density at radius 3 is 2.58 bits per heavy atom. The number of fused-ring (bicyclic) bond motifs is 2. The molecule has 258 valence electrons. The predicted molar refractivity (Wildman–Crippen MR) is 193 cm³/mol. The van der Waals surface area contributed by atoms with Crippen LogP contribution in [-0.4, -0.2) is 77.4 Å². The van der Waals surface area contributed by atoms with E-state index in [2.05, 4.69) is 26.6 Å². The van der Waals surface area contributed by atoms with Gasteiger partial charge in [-0.3, -0.25) is 24.2 Å². The topological polar surface area (TPSA) is 126 Å². The molecule has 14 heteroatoms. The fourth-order valence-corrected chi connectivity index (χ4v) is 8.28. The van der Waals surface area contributed by atoms with Crippen molar-refractivity contribution in [3.8, 4) is 16.8 Å². The number of nitrogens with zero attached hydrogens (tertiary/aromatic N) is 6. The van der Waals surface area contributed by atoms with Gasteiger partial charge < -0.3 is 14.6 Å². The van der Waals surface area contributed by atoms with E-state index in [4.69, 9.17) is 18.2 Å². The number of aromatic amines is 1. The Bertz CT molecular complexity index is 2450. The summed E-state index contributed by atoms with van der Waals surface area (Å²) in [5, 5.41) is 7.73. The van der Waals surface area contributed by atoms with Crippen LogP contribution >= 0.6 is 11.6 Å². The van der Waals surface area contributed by atoms with Crippen molar-refractivity contribution in [3.05, 3.63) is 98.7 Å². The Morgan fingerprint density at radius 1 is 1.18 bits per heavy atom. The number of nitrogens with one attached hydrogen (secondary N) is 1. The summed E-state index contributed by atoms with van der Waals surface area (Å²) in [5.41, 5.74) is 1.99. The van der Waals surface area contributed by atoms with Crippen LogP contribution in [0, 0.1) is 26.2 Å². The minimum atomic E-state index is -4.29. The number of aryl methyl sites for hydroxylation is 2. The third-order valence-electron chi connectivity index (χ3n) is 9.22. The second-order valence-electron chi connectivity index (χ2n) is 12.8. The Labute approximate surface area is 293 Å². The molecule has 6 rings (SSSR count). The summed E-state index contributed by atoms with van der Waals surface area (Å²) in [4.78, 5) is 38.3. The van der Waals surface area contributed by atoms with Crippen LogP contribution in [0.1, 0.15) is 36.6 Å². The number of anilines is 1. The number of halogens is 2. The zero-order valence-corrected chi connectivity index (χ0v) is 29.8. The van der Waals surface area contributed by atoms with Crippen molar-refractivity contribution in [1.82, 2.24) is 24.6 Å². The third-order valence-corrected chi connectivity index (χ3v) is 10.6. The van der Waals surface area contributed by atoms with E-state index < -0.39 is 32.2 Å². The Hall–Kier alpha value is -5.06. The number of pyridine rings is 2. The standard InChI is InChI=1S/C36H35ClFN7O4S/c1-8-27(46)44-14-13-43(18-22(44)16-39-6)34-23-15-25(37)29(28-20(4)9-10-26-24(28)17-41-42-26)30(38)33(23)45(36(47)35(34)50(7,48)49)32-21(5)11-12-40-31(32)19(2)3/h8-12,15,17,19,22H,1,13-14,16,18H2,2-5,7H3,(H,41,42)/t22-/m0/s1. The molecule has 0 aliphatic carbocycles. The second kappa shape index (κ2) is 13.0. The summed E-state index contributed by atoms with van der Waals surface area (Å²) < 4.78 is 46.5. The van der Waals surface area contributed by atoms with E-state index >= 15 is 4.39 Å². The molecule has 1 N–H and O–H groups in total. The number of aromatic nitrogens is 4. The number of piperazine rings is 1. The molecule has 0 unspecified atom stereocenters. The molecule has 4 heterocycles. The van der Waals surface area contributed by atoms with Crippen molar-refractivity contribution in [2.24, 2.45) is 0 Å². The lowest BCUT2D eigenvalue weighted by Crippen LogP contribution is -2.56. The summed E-state index contributed by atoms with van der Waals surface area (Å²) in [6, 6.07) is 6.16. The highest BCUT2D eigenvalue weighted by Crippen LogP contribution is 2.45. The Balaban J connectivity index is 1.82. The van der Waals surface area contributed by atoms with E-state index in [1.54, 1.807) is 30.3 Å². The lowest BCUT2D eigenvalue weighted by Gasteiger charge is -2.41. The first-order chi connectivity index (χ1) is 23.7. The number of sulfone groups is 1. The van der Waals surface area contributed by atoms with Crippen LogP contribution in [0.3, 0.4) is 0 Å². The van der Waals surface area contributed by atoms with Crippen LogP contribution in [0.25, 0.3) is 43.5 Å². The fourth-order valence-electron chi connectivity index (χ4n) is 7.00. The van der Waals surface area contributed by atoms with E-state index in [-0.39, 0.29) is 70.9 Å². The average molecular weight is 716 g/mol. The number of H-pyrrole nitrogens is 1. The highest BCUT2D eigenvalue weighted by Gasteiger charge is 2.37. The molecule has 0 spiro atoms. The molecule has 1 atom stereocenters. The quantitative estimate of drug-likeness (QED) is 0.162. The van der Waals surface area contributed by atoms with E-state index in [1.807, 2.05) is 32.9 Å². The van der Waals surface area contributed by atoms with Gasteiger partial charge in [0.15, 0.2) is 20.5 Å². The van der Waals surface area contributed by atoms with E-state index in [0.29, 0.717) is 33.3 Å². The average Bonchev–Trinajstić information content (AvgIpc) is 3.54. The second-order valence-corrected chi connectivity index (χ2v) is 15.2. The van der Waals surface area contributed by atoms with Crippen molar-refractivity contribution >= 4 is 54.8 Å². The maximum Gasteiger partial charge on any atom is 0.276 e. The number of carbonyl (C=O) groups excluding carboxylic acids is 1. The van der Waals surface area contributed by atoms with Crippen molar-refractivity contribution in [2.75, 3.05) is 37.3 Å². The molecule has 0 saturated carbocycles. The summed E-state index contributed by atoms with van der Waals surface area (Å²) in [5.74, 6) is -1.44. The van der Waals surface area contributed by atoms with Crippen LogP contribution in [0.4, 0.5) is 10.1 Å². The molecule has 1 fully saturated rings. The summed E-state index contributed by atoms with van der Waals surface area (Å²) in [6.07, 6.45) is 5.27. The lowest BCUT2D eigenvalue weighted by molar-refractivity contribution is -0.128. The number of hydrogen-bond donors (Lipinski definition) is 1. The van der Waals surface area contributed by atoms with E-state index in [0.717, 1.165) is 16.9 Å². The molecule has 0 bridgehead atoms. The van der Waals surface area contributed by atoms with Gasteiger partial charge in [0, 0.05) is 54.0 Å². The van der Waals surface area contributed by atoms with Crippen molar-refractivity contribution in [3.63, 3.8) is 0 Å². The normalized spacial score (nSPS) is 15.2. The molecule has 1 amide bonds. The number of rotatable bonds is 7. The van der Waals surface area contributed by atoms with Crippen LogP contribution < -0.4 is 10.5 Å². The van der Waals surface area contributed by atoms with Crippen molar-refractivity contribution in [1.29, 1.82) is 0 Å². The maximum atomic E-state index is 17.8. The van der Waals surface area contributed by atoms with Gasteiger partial charge in [-0.15, -0.1) is 0 Å². The lowest BCUT2D eigenvalue weighted by atomic mass is 9.94. The third kappa shape index (κ3) is 5.62. The zero-order chi connectivity index (χ0) is 36.2. The molecule has 1 aliphatic rings. The number of amides is 1. The molecular weight excluding hydrogens is 681 g/mol. The minimum Gasteiger partial charge on any atom is -0.366 e. The highest BCUT2D eigenvalue weighted by atomic mass is 35.5. The van der Waals surface area contributed by atoms with Crippen LogP contribution in [0.15, 0.2) is 59.0 Å². The van der Waals surface area contributed by atoms with Gasteiger partial charge in [0.25, 0.3) is 5.56 Å². The minimum absolute atomic E-state index is 0.000617. The van der Waals surface area contributed by atoms with Crippen molar-refractivity contribution in [2.45, 2.75) is 44.6 Å². The highest BCUT2D eigenvalue weighted by molar-refractivity contribution is 7.90. The van der Waals surface area contributed by atoms with Gasteiger partial charge in [0.05, 0.1) is 39.3 Å². The summed E-state index contributed by atoms with van der Waals surface area (Å²) >= 11 is 7.03. The number of hydrogen-bond acceptors (Lipinski definition) is 7. The van der Waals surface area contributed by atoms with Gasteiger partial charge in [-0.1, -0.05) is 38.1 Å². The Morgan fingerprint density at radius 2 is 1.92 bits per heavy atom. The molecule has 50 heavy (non-hydrogen) atoms. The van der Waals surface area contributed by atoms with Gasteiger partial charge in [-0.25, -0.2) is 19.4 Å². The molecule has 5 aromatic rings. The zero-order valence-electron chi connectivity index (χ0n) is 28.2. The van der Waals surface area contributed by atoms with Gasteiger partial charge >= 0.3 is 0 Å². The molecule has 3 aromatic heterocycles. The van der Waals surface area contributed by atoms with Gasteiger partial charge in [0.2, 0.25) is 12.5 Å². The maximum absolute atomic E-state index is 17.8. The van der Waals surface area contributed by atoms with Crippen LogP contribution in [-0.2, 0) is 14.6 Å². The van der Waals surface area contributed by atoms with Gasteiger partial charge in [0.1, 0.15) is 6.04 Å². The van der Waals surface area contributed by atoms with Crippen LogP contribution in [0.2, 0.25) is 5.02 Å². The molecule has 0 radical (unpaired) electrons. The molecule has 2 aromatic carbocycles. The predicted octanol–water partition coefficient (Wildman–Crippen LogP) is 5.99. The largest absolute Gasteiger partial charge is 0.366 e. The molecule has 1 saturated heterocycles.